The minimum absolute atomic E-state index is 0.343. The molecule has 1 heterocycles. The molecule has 162 valence electrons. The Morgan fingerprint density at radius 3 is 1.46 bits per heavy atom. The molecule has 5 heteroatoms. The van der Waals surface area contributed by atoms with Gasteiger partial charge in [-0.1, -0.05) is 102 Å². The lowest BCUT2D eigenvalue weighted by Crippen LogP contribution is -2.44. The lowest BCUT2D eigenvalue weighted by atomic mass is 10.0. The van der Waals surface area contributed by atoms with E-state index in [-0.39, 0.29) is 4.59 Å². The molecule has 0 saturated heterocycles. The number of amides is 1. The predicted octanol–water partition coefficient (Wildman–Crippen LogP) is 8.37. The lowest BCUT2D eigenvalue weighted by Gasteiger charge is -2.21. The molecule has 0 aliphatic carbocycles. The molecule has 0 aromatic carbocycles. The summed E-state index contributed by atoms with van der Waals surface area (Å²) in [6, 6.07) is 0. The highest BCUT2D eigenvalue weighted by molar-refractivity contribution is 5.58. The zero-order valence-corrected chi connectivity index (χ0v) is 18.7. The Hall–Kier alpha value is -1.23. The first-order valence-corrected chi connectivity index (χ1v) is 11.8. The van der Waals surface area contributed by atoms with Crippen LogP contribution in [0, 0.1) is 0 Å². The maximum Gasteiger partial charge on any atom is 0.547 e. The number of hydrogen-bond donors (Lipinski definition) is 1. The van der Waals surface area contributed by atoms with E-state index in [1.54, 1.807) is 0 Å². The van der Waals surface area contributed by atoms with E-state index in [2.05, 4.69) is 17.3 Å². The molecule has 0 saturated carbocycles. The average molecular weight is 395 g/mol. The molecule has 0 spiro atoms. The second-order valence-corrected chi connectivity index (χ2v) is 8.44. The van der Waals surface area contributed by atoms with E-state index < -0.39 is 6.09 Å². The van der Waals surface area contributed by atoms with Gasteiger partial charge in [-0.3, -0.25) is 0 Å². The number of hydrogen-bond acceptors (Lipinski definition) is 3. The van der Waals surface area contributed by atoms with Gasteiger partial charge in [0.1, 0.15) is 12.2 Å². The Labute approximate surface area is 172 Å². The molecular weight excluding hydrogens is 350 g/mol. The number of unbranched alkanes of at least 4 members (excludes halogenated alkanes) is 15. The Kier molecular flexibility index (Phi) is 13.0. The number of quaternary nitrogens is 1. The third-order valence-corrected chi connectivity index (χ3v) is 6.08. The lowest BCUT2D eigenvalue weighted by molar-refractivity contribution is -0.827. The molecule has 28 heavy (non-hydrogen) atoms. The molecule has 0 aromatic rings. The van der Waals surface area contributed by atoms with Crippen molar-refractivity contribution in [3.63, 3.8) is 0 Å². The highest BCUT2D eigenvalue weighted by Gasteiger charge is 2.45. The predicted molar refractivity (Wildman–Crippen MR) is 116 cm³/mol. The van der Waals surface area contributed by atoms with Crippen molar-refractivity contribution < 1.29 is 14.5 Å². The normalized spacial score (nSPS) is 19.0. The van der Waals surface area contributed by atoms with Crippen LogP contribution in [0.2, 0.25) is 0 Å². The van der Waals surface area contributed by atoms with Gasteiger partial charge in [-0.05, 0) is 17.9 Å². The van der Waals surface area contributed by atoms with Crippen molar-refractivity contribution in [1.29, 1.82) is 0 Å². The van der Waals surface area contributed by atoms with Crippen molar-refractivity contribution in [3.8, 4) is 0 Å². The van der Waals surface area contributed by atoms with Crippen LogP contribution in [0.25, 0.3) is 0 Å². The maximum atomic E-state index is 11.7. The van der Waals surface area contributed by atoms with Gasteiger partial charge >= 0.3 is 6.09 Å². The summed E-state index contributed by atoms with van der Waals surface area (Å²) in [4.78, 5) is 11.7. The van der Waals surface area contributed by atoms with Gasteiger partial charge in [0.2, 0.25) is 0 Å². The number of carbonyl (C=O) groups is 1. The minimum Gasteiger partial charge on any atom is -0.433 e. The van der Waals surface area contributed by atoms with Crippen LogP contribution in [0.1, 0.15) is 124 Å². The number of carboxylic acid groups (broad SMARTS) is 1. The van der Waals surface area contributed by atoms with Gasteiger partial charge in [0.25, 0.3) is 0 Å². The van der Waals surface area contributed by atoms with Crippen molar-refractivity contribution in [2.24, 2.45) is 10.3 Å². The third-order valence-electron chi connectivity index (χ3n) is 6.08. The monoisotopic (exact) mass is 394 g/mol. The van der Waals surface area contributed by atoms with Crippen LogP contribution in [-0.2, 0) is 0 Å². The Bertz CT molecular complexity index is 502. The molecule has 1 aliphatic heterocycles. The van der Waals surface area contributed by atoms with Gasteiger partial charge in [0, 0.05) is 18.6 Å². The summed E-state index contributed by atoms with van der Waals surface area (Å²) >= 11 is 0. The third kappa shape index (κ3) is 8.85. The Morgan fingerprint density at radius 1 is 0.750 bits per heavy atom. The summed E-state index contributed by atoms with van der Waals surface area (Å²) in [6.45, 7) is 6.45. The van der Waals surface area contributed by atoms with E-state index in [0.29, 0.717) is 6.54 Å². The molecular formula is C23H44N3O2+. The first-order chi connectivity index (χ1) is 13.5. The fourth-order valence-electron chi connectivity index (χ4n) is 3.93. The average Bonchev–Trinajstić information content (AvgIpc) is 2.97. The molecule has 1 rings (SSSR count). The molecule has 0 aromatic heterocycles. The Balaban J connectivity index is 1.92. The van der Waals surface area contributed by atoms with Crippen LogP contribution in [0.3, 0.4) is 0 Å². The SMILES string of the molecule is CCCCCCCCCCCCCCCCCC[N+]1(C(=O)O)N=NC(C)=C1C. The van der Waals surface area contributed by atoms with Crippen molar-refractivity contribution in [3.05, 3.63) is 11.4 Å². The molecule has 1 amide bonds. The molecule has 0 bridgehead atoms. The van der Waals surface area contributed by atoms with E-state index in [1.807, 2.05) is 13.8 Å². The quantitative estimate of drug-likeness (QED) is 0.199. The van der Waals surface area contributed by atoms with Crippen LogP contribution >= 0.6 is 0 Å². The molecule has 0 fully saturated rings. The molecule has 5 nitrogen and oxygen atoms in total. The smallest absolute Gasteiger partial charge is 0.433 e. The van der Waals surface area contributed by atoms with E-state index in [0.717, 1.165) is 24.2 Å². The molecule has 1 N–H and O–H groups in total. The fourth-order valence-corrected chi connectivity index (χ4v) is 3.93. The molecule has 1 unspecified atom stereocenters. The van der Waals surface area contributed by atoms with Gasteiger partial charge in [0.15, 0.2) is 5.70 Å². The second kappa shape index (κ2) is 14.7. The summed E-state index contributed by atoms with van der Waals surface area (Å²) in [6.07, 6.45) is 20.2. The molecule has 0 radical (unpaired) electrons. The van der Waals surface area contributed by atoms with Crippen molar-refractivity contribution in [1.82, 2.24) is 0 Å². The topological polar surface area (TPSA) is 62.0 Å². The summed E-state index contributed by atoms with van der Waals surface area (Å²) in [7, 11) is 0. The number of allylic oxidation sites excluding steroid dienone is 2. The van der Waals surface area contributed by atoms with Crippen LogP contribution < -0.4 is 0 Å². The van der Waals surface area contributed by atoms with Gasteiger partial charge in [-0.15, -0.1) is 0 Å². The Morgan fingerprint density at radius 2 is 1.14 bits per heavy atom. The zero-order chi connectivity index (χ0) is 20.7. The number of nitrogens with zero attached hydrogens (tertiary/aromatic N) is 3. The summed E-state index contributed by atoms with van der Waals surface area (Å²) in [5.41, 5.74) is 1.48. The van der Waals surface area contributed by atoms with Gasteiger partial charge in [-0.25, -0.2) is 0 Å². The van der Waals surface area contributed by atoms with Gasteiger partial charge in [0.05, 0.1) is 0 Å². The standard InChI is InChI=1S/C23H43N3O2/c1-4-5-6-7-8-9-10-11-12-13-14-15-16-17-18-19-20-26(23(27)28)22(3)21(2)24-25-26/h4-20H2,1-3H3/p+1. The summed E-state index contributed by atoms with van der Waals surface area (Å²) < 4.78 is -0.343. The zero-order valence-electron chi connectivity index (χ0n) is 18.7. The van der Waals surface area contributed by atoms with E-state index in [9.17, 15) is 9.90 Å². The van der Waals surface area contributed by atoms with E-state index >= 15 is 0 Å². The summed E-state index contributed by atoms with van der Waals surface area (Å²) in [5, 5.41) is 17.6. The second-order valence-electron chi connectivity index (χ2n) is 8.44. The first kappa shape index (κ1) is 24.8. The van der Waals surface area contributed by atoms with Crippen LogP contribution in [-0.4, -0.2) is 22.3 Å². The highest BCUT2D eigenvalue weighted by Crippen LogP contribution is 2.30. The summed E-state index contributed by atoms with van der Waals surface area (Å²) in [5.74, 6) is 0. The van der Waals surface area contributed by atoms with E-state index in [1.165, 1.54) is 89.9 Å². The maximum absolute atomic E-state index is 11.7. The van der Waals surface area contributed by atoms with E-state index in [4.69, 9.17) is 0 Å². The van der Waals surface area contributed by atoms with Crippen molar-refractivity contribution in [2.75, 3.05) is 6.54 Å². The van der Waals surface area contributed by atoms with Gasteiger partial charge in [-0.2, -0.15) is 4.79 Å². The first-order valence-electron chi connectivity index (χ1n) is 11.8. The molecule has 1 aliphatic rings. The number of rotatable bonds is 17. The van der Waals surface area contributed by atoms with Crippen molar-refractivity contribution >= 4 is 6.09 Å². The van der Waals surface area contributed by atoms with Crippen LogP contribution in [0.4, 0.5) is 4.79 Å². The highest BCUT2D eigenvalue weighted by atomic mass is 16.4. The molecule has 1 atom stereocenters. The largest absolute Gasteiger partial charge is 0.547 e. The van der Waals surface area contributed by atoms with Crippen molar-refractivity contribution in [2.45, 2.75) is 124 Å². The van der Waals surface area contributed by atoms with Crippen LogP contribution in [0.15, 0.2) is 21.7 Å². The van der Waals surface area contributed by atoms with Crippen LogP contribution in [0.5, 0.6) is 0 Å². The van der Waals surface area contributed by atoms with Gasteiger partial charge < -0.3 is 5.11 Å². The fraction of sp³-hybridized carbons (Fsp3) is 0.870. The minimum atomic E-state index is -0.918.